The van der Waals surface area contributed by atoms with E-state index in [0.717, 1.165) is 19.4 Å². The fourth-order valence-electron chi connectivity index (χ4n) is 1.58. The fourth-order valence-corrected chi connectivity index (χ4v) is 3.09. The molecule has 4 nitrogen and oxygen atoms in total. The molecular formula is C9H18ClNO3S. The molecule has 90 valence electrons. The van der Waals surface area contributed by atoms with Gasteiger partial charge >= 0.3 is 0 Å². The van der Waals surface area contributed by atoms with E-state index < -0.39 is 10.0 Å². The van der Waals surface area contributed by atoms with Gasteiger partial charge in [-0.3, -0.25) is 0 Å². The van der Waals surface area contributed by atoms with Crippen molar-refractivity contribution in [2.75, 3.05) is 31.8 Å². The molecule has 15 heavy (non-hydrogen) atoms. The summed E-state index contributed by atoms with van der Waals surface area (Å²) in [5, 5.41) is 0. The van der Waals surface area contributed by atoms with Crippen LogP contribution in [0.25, 0.3) is 0 Å². The van der Waals surface area contributed by atoms with E-state index in [1.54, 1.807) is 7.05 Å². The van der Waals surface area contributed by atoms with E-state index in [9.17, 15) is 8.42 Å². The van der Waals surface area contributed by atoms with Crippen LogP contribution in [0.4, 0.5) is 0 Å². The fraction of sp³-hybridized carbons (Fsp3) is 1.00. The van der Waals surface area contributed by atoms with Crippen LogP contribution in [-0.4, -0.2) is 50.7 Å². The van der Waals surface area contributed by atoms with Crippen LogP contribution in [0.15, 0.2) is 0 Å². The van der Waals surface area contributed by atoms with Crippen LogP contribution < -0.4 is 0 Å². The van der Waals surface area contributed by atoms with Crippen LogP contribution >= 0.6 is 11.6 Å². The maximum Gasteiger partial charge on any atom is 0.213 e. The second kappa shape index (κ2) is 6.03. The lowest BCUT2D eigenvalue weighted by Crippen LogP contribution is -2.35. The Hall–Kier alpha value is 0.160. The molecule has 0 spiro atoms. The average molecular weight is 256 g/mol. The first kappa shape index (κ1) is 13.2. The Labute approximate surface area is 96.6 Å². The summed E-state index contributed by atoms with van der Waals surface area (Å²) in [6.07, 6.45) is 2.55. The van der Waals surface area contributed by atoms with Crippen LogP contribution in [-0.2, 0) is 14.8 Å². The maximum atomic E-state index is 11.7. The van der Waals surface area contributed by atoms with Crippen LogP contribution in [0.3, 0.4) is 0 Å². The number of nitrogens with zero attached hydrogens (tertiary/aromatic N) is 1. The molecule has 0 N–H and O–H groups in total. The van der Waals surface area contributed by atoms with Crippen molar-refractivity contribution >= 4 is 21.6 Å². The average Bonchev–Trinajstić information content (AvgIpc) is 2.67. The Bertz CT molecular complexity index is 275. The lowest BCUT2D eigenvalue weighted by Gasteiger charge is -2.20. The van der Waals surface area contributed by atoms with Crippen LogP contribution in [0, 0.1) is 0 Å². The molecule has 1 fully saturated rings. The molecule has 1 atom stereocenters. The van der Waals surface area contributed by atoms with Gasteiger partial charge in [0.1, 0.15) is 0 Å². The molecule has 1 saturated heterocycles. The van der Waals surface area contributed by atoms with Crippen molar-refractivity contribution < 1.29 is 13.2 Å². The minimum atomic E-state index is -3.14. The van der Waals surface area contributed by atoms with Gasteiger partial charge in [-0.15, -0.1) is 11.6 Å². The second-order valence-corrected chi connectivity index (χ2v) is 6.35. The van der Waals surface area contributed by atoms with E-state index in [-0.39, 0.29) is 11.9 Å². The van der Waals surface area contributed by atoms with Crippen molar-refractivity contribution in [1.29, 1.82) is 0 Å². The maximum absolute atomic E-state index is 11.7. The van der Waals surface area contributed by atoms with Gasteiger partial charge in [0, 0.05) is 26.1 Å². The number of halogens is 1. The lowest BCUT2D eigenvalue weighted by molar-refractivity contribution is 0.0979. The Morgan fingerprint density at radius 1 is 1.53 bits per heavy atom. The van der Waals surface area contributed by atoms with Gasteiger partial charge in [-0.05, 0) is 19.3 Å². The molecule has 1 aliphatic heterocycles. The summed E-state index contributed by atoms with van der Waals surface area (Å²) < 4.78 is 30.2. The van der Waals surface area contributed by atoms with Crippen LogP contribution in [0.5, 0.6) is 0 Å². The summed E-state index contributed by atoms with van der Waals surface area (Å²) in [6.45, 7) is 1.21. The highest BCUT2D eigenvalue weighted by Crippen LogP contribution is 2.14. The summed E-state index contributed by atoms with van der Waals surface area (Å²) in [5.41, 5.74) is 0. The van der Waals surface area contributed by atoms with Gasteiger partial charge in [0.2, 0.25) is 10.0 Å². The topological polar surface area (TPSA) is 46.6 Å². The molecule has 1 rings (SSSR count). The Balaban J connectivity index is 2.40. The quantitative estimate of drug-likeness (QED) is 0.667. The van der Waals surface area contributed by atoms with E-state index in [1.165, 1.54) is 4.31 Å². The Morgan fingerprint density at radius 2 is 2.27 bits per heavy atom. The van der Waals surface area contributed by atoms with E-state index in [1.807, 2.05) is 0 Å². The Kier molecular flexibility index (Phi) is 5.32. The third kappa shape index (κ3) is 4.26. The minimum absolute atomic E-state index is 0.0702. The molecule has 0 aliphatic carbocycles. The third-order valence-electron chi connectivity index (χ3n) is 2.50. The number of ether oxygens (including phenoxy) is 1. The van der Waals surface area contributed by atoms with Gasteiger partial charge in [0.05, 0.1) is 11.9 Å². The van der Waals surface area contributed by atoms with Gasteiger partial charge < -0.3 is 4.74 Å². The van der Waals surface area contributed by atoms with Gasteiger partial charge in [-0.2, -0.15) is 0 Å². The van der Waals surface area contributed by atoms with Crippen molar-refractivity contribution in [1.82, 2.24) is 4.31 Å². The first-order valence-electron chi connectivity index (χ1n) is 5.18. The highest BCUT2D eigenvalue weighted by Gasteiger charge is 2.23. The van der Waals surface area contributed by atoms with Gasteiger partial charge in [0.25, 0.3) is 0 Å². The summed E-state index contributed by atoms with van der Waals surface area (Å²) in [4.78, 5) is 0. The SMILES string of the molecule is CN(CC1CCCO1)S(=O)(=O)CCCCl. The molecule has 0 aromatic carbocycles. The van der Waals surface area contributed by atoms with Crippen molar-refractivity contribution in [2.24, 2.45) is 0 Å². The highest BCUT2D eigenvalue weighted by molar-refractivity contribution is 7.89. The predicted octanol–water partition coefficient (Wildman–Crippen LogP) is 1.06. The second-order valence-electron chi connectivity index (χ2n) is 3.77. The molecule has 0 amide bonds. The molecular weight excluding hydrogens is 238 g/mol. The highest BCUT2D eigenvalue weighted by atomic mass is 35.5. The van der Waals surface area contributed by atoms with Gasteiger partial charge in [0.15, 0.2) is 0 Å². The predicted molar refractivity (Wildman–Crippen MR) is 60.7 cm³/mol. The number of sulfonamides is 1. The molecule has 1 heterocycles. The van der Waals surface area contributed by atoms with Crippen molar-refractivity contribution in [3.63, 3.8) is 0 Å². The summed E-state index contributed by atoms with van der Waals surface area (Å²) in [5.74, 6) is 0.507. The van der Waals surface area contributed by atoms with Crippen LogP contribution in [0.1, 0.15) is 19.3 Å². The lowest BCUT2D eigenvalue weighted by atomic mass is 10.2. The van der Waals surface area contributed by atoms with E-state index in [0.29, 0.717) is 18.8 Å². The molecule has 0 radical (unpaired) electrons. The molecule has 0 saturated carbocycles. The minimum Gasteiger partial charge on any atom is -0.377 e. The third-order valence-corrected chi connectivity index (χ3v) is 4.67. The van der Waals surface area contributed by atoms with E-state index >= 15 is 0 Å². The molecule has 0 aromatic rings. The zero-order valence-corrected chi connectivity index (χ0v) is 10.6. The summed E-state index contributed by atoms with van der Waals surface area (Å²) in [7, 11) is -1.54. The number of rotatable bonds is 6. The monoisotopic (exact) mass is 255 g/mol. The van der Waals surface area contributed by atoms with Crippen molar-refractivity contribution in [3.8, 4) is 0 Å². The number of alkyl halides is 1. The number of likely N-dealkylation sites (N-methyl/N-ethyl adjacent to an activating group) is 1. The molecule has 0 bridgehead atoms. The Morgan fingerprint density at radius 3 is 2.80 bits per heavy atom. The molecule has 1 unspecified atom stereocenters. The smallest absolute Gasteiger partial charge is 0.213 e. The summed E-state index contributed by atoms with van der Waals surface area (Å²) in [6, 6.07) is 0. The molecule has 6 heteroatoms. The molecule has 0 aromatic heterocycles. The van der Waals surface area contributed by atoms with E-state index in [2.05, 4.69) is 0 Å². The largest absolute Gasteiger partial charge is 0.377 e. The van der Waals surface area contributed by atoms with Gasteiger partial charge in [-0.25, -0.2) is 12.7 Å². The first-order valence-corrected chi connectivity index (χ1v) is 7.32. The normalized spacial score (nSPS) is 22.5. The number of hydrogen-bond donors (Lipinski definition) is 0. The molecule has 1 aliphatic rings. The van der Waals surface area contributed by atoms with Crippen molar-refractivity contribution in [3.05, 3.63) is 0 Å². The first-order chi connectivity index (χ1) is 7.06. The van der Waals surface area contributed by atoms with Crippen molar-refractivity contribution in [2.45, 2.75) is 25.4 Å². The standard InChI is InChI=1S/C9H18ClNO3S/c1-11(8-9-4-2-6-14-9)15(12,13)7-3-5-10/h9H,2-8H2,1H3. The summed E-state index contributed by atoms with van der Waals surface area (Å²) >= 11 is 5.47. The van der Waals surface area contributed by atoms with E-state index in [4.69, 9.17) is 16.3 Å². The van der Waals surface area contributed by atoms with Crippen LogP contribution in [0.2, 0.25) is 0 Å². The number of hydrogen-bond acceptors (Lipinski definition) is 3. The zero-order valence-electron chi connectivity index (χ0n) is 8.99. The zero-order chi connectivity index (χ0) is 11.3. The van der Waals surface area contributed by atoms with Gasteiger partial charge in [-0.1, -0.05) is 0 Å².